The summed E-state index contributed by atoms with van der Waals surface area (Å²) >= 11 is 7.76. The van der Waals surface area contributed by atoms with Crippen LogP contribution in [0.25, 0.3) is 0 Å². The van der Waals surface area contributed by atoms with E-state index in [1.807, 2.05) is 14.0 Å². The standard InChI is InChI=1S/C12H19ClN2OS/c1-8-11(13)10(15(5)14-8)6-9(16)7-17-12(2,3)4/h6-7H2,1-5H3. The SMILES string of the molecule is Cc1nn(C)c(CC(=O)CSC(C)(C)C)c1Cl. The molecule has 1 rings (SSSR count). The van der Waals surface area contributed by atoms with Crippen molar-refractivity contribution in [3.8, 4) is 0 Å². The highest BCUT2D eigenvalue weighted by Crippen LogP contribution is 2.24. The van der Waals surface area contributed by atoms with Crippen LogP contribution in [0.1, 0.15) is 32.2 Å². The first kappa shape index (κ1) is 14.6. The van der Waals surface area contributed by atoms with Gasteiger partial charge in [-0.3, -0.25) is 9.48 Å². The molecule has 0 aliphatic carbocycles. The first-order valence-corrected chi connectivity index (χ1v) is 6.90. The van der Waals surface area contributed by atoms with Gasteiger partial charge in [0, 0.05) is 11.8 Å². The Morgan fingerprint density at radius 1 is 1.47 bits per heavy atom. The minimum atomic E-state index is 0.113. The molecule has 0 radical (unpaired) electrons. The molecule has 3 nitrogen and oxygen atoms in total. The number of thioether (sulfide) groups is 1. The maximum Gasteiger partial charge on any atom is 0.148 e. The molecule has 0 aromatic carbocycles. The van der Waals surface area contributed by atoms with Crippen LogP contribution in [0.3, 0.4) is 0 Å². The van der Waals surface area contributed by atoms with E-state index < -0.39 is 0 Å². The second kappa shape index (κ2) is 5.44. The van der Waals surface area contributed by atoms with Crippen LogP contribution in [0.15, 0.2) is 0 Å². The zero-order valence-electron chi connectivity index (χ0n) is 11.0. The summed E-state index contributed by atoms with van der Waals surface area (Å²) in [5, 5.41) is 4.81. The molecule has 0 unspecified atom stereocenters. The number of hydrogen-bond donors (Lipinski definition) is 0. The van der Waals surface area contributed by atoms with Crippen LogP contribution < -0.4 is 0 Å². The molecular formula is C12H19ClN2OS. The van der Waals surface area contributed by atoms with Crippen LogP contribution in [0.2, 0.25) is 5.02 Å². The molecule has 0 spiro atoms. The summed E-state index contributed by atoms with van der Waals surface area (Å²) in [6, 6.07) is 0. The number of Topliss-reactive ketones (excluding diaryl/α,β-unsaturated/α-hetero) is 1. The summed E-state index contributed by atoms with van der Waals surface area (Å²) in [4.78, 5) is 11.9. The molecule has 17 heavy (non-hydrogen) atoms. The van der Waals surface area contributed by atoms with Crippen molar-refractivity contribution in [2.24, 2.45) is 7.05 Å². The molecule has 5 heteroatoms. The van der Waals surface area contributed by atoms with E-state index in [0.29, 0.717) is 17.2 Å². The number of aromatic nitrogens is 2. The van der Waals surface area contributed by atoms with E-state index in [0.717, 1.165) is 11.4 Å². The second-order valence-electron chi connectivity index (χ2n) is 5.09. The first-order valence-electron chi connectivity index (χ1n) is 5.54. The number of aryl methyl sites for hydroxylation is 2. The maximum atomic E-state index is 11.9. The van der Waals surface area contributed by atoms with Gasteiger partial charge in [-0.1, -0.05) is 32.4 Å². The van der Waals surface area contributed by atoms with Crippen molar-refractivity contribution in [1.82, 2.24) is 9.78 Å². The fourth-order valence-electron chi connectivity index (χ4n) is 1.41. The number of ketones is 1. The zero-order chi connectivity index (χ0) is 13.2. The molecular weight excluding hydrogens is 256 g/mol. The quantitative estimate of drug-likeness (QED) is 0.847. The average Bonchev–Trinajstić information content (AvgIpc) is 2.41. The summed E-state index contributed by atoms with van der Waals surface area (Å²) in [6.45, 7) is 8.16. The highest BCUT2D eigenvalue weighted by Gasteiger charge is 2.17. The minimum Gasteiger partial charge on any atom is -0.298 e. The van der Waals surface area contributed by atoms with Gasteiger partial charge in [0.05, 0.1) is 28.6 Å². The third-order valence-electron chi connectivity index (χ3n) is 2.29. The monoisotopic (exact) mass is 274 g/mol. The molecule has 1 aromatic heterocycles. The topological polar surface area (TPSA) is 34.9 Å². The van der Waals surface area contributed by atoms with E-state index in [1.165, 1.54) is 0 Å². The Labute approximate surface area is 112 Å². The Bertz CT molecular complexity index is 421. The maximum absolute atomic E-state index is 11.9. The number of nitrogens with zero attached hydrogens (tertiary/aromatic N) is 2. The van der Waals surface area contributed by atoms with Crippen molar-refractivity contribution >= 4 is 29.1 Å². The van der Waals surface area contributed by atoms with Crippen LogP contribution in [-0.2, 0) is 18.3 Å². The Morgan fingerprint density at radius 3 is 2.47 bits per heavy atom. The predicted molar refractivity (Wildman–Crippen MR) is 73.9 cm³/mol. The van der Waals surface area contributed by atoms with E-state index in [2.05, 4.69) is 25.9 Å². The molecule has 0 aliphatic heterocycles. The van der Waals surface area contributed by atoms with Crippen molar-refractivity contribution in [3.63, 3.8) is 0 Å². The summed E-state index contributed by atoms with van der Waals surface area (Å²) in [7, 11) is 1.82. The molecule has 0 bridgehead atoms. The van der Waals surface area contributed by atoms with Gasteiger partial charge in [-0.2, -0.15) is 5.10 Å². The molecule has 0 saturated carbocycles. The van der Waals surface area contributed by atoms with Gasteiger partial charge < -0.3 is 0 Å². The minimum absolute atomic E-state index is 0.113. The zero-order valence-corrected chi connectivity index (χ0v) is 12.6. The van der Waals surface area contributed by atoms with Gasteiger partial charge in [0.25, 0.3) is 0 Å². The third kappa shape index (κ3) is 4.36. The van der Waals surface area contributed by atoms with Crippen molar-refractivity contribution in [2.45, 2.75) is 38.9 Å². The normalized spacial score (nSPS) is 11.9. The van der Waals surface area contributed by atoms with Crippen LogP contribution in [-0.4, -0.2) is 26.1 Å². The highest BCUT2D eigenvalue weighted by molar-refractivity contribution is 8.01. The Balaban J connectivity index is 2.63. The lowest BCUT2D eigenvalue weighted by Gasteiger charge is -2.16. The summed E-state index contributed by atoms with van der Waals surface area (Å²) < 4.78 is 1.80. The second-order valence-corrected chi connectivity index (χ2v) is 7.27. The Morgan fingerprint density at radius 2 is 2.06 bits per heavy atom. The summed E-state index contributed by atoms with van der Waals surface area (Å²) in [6.07, 6.45) is 0.360. The molecule has 0 fully saturated rings. The smallest absolute Gasteiger partial charge is 0.148 e. The third-order valence-corrected chi connectivity index (χ3v) is 4.12. The lowest BCUT2D eigenvalue weighted by Crippen LogP contribution is -2.15. The summed E-state index contributed by atoms with van der Waals surface area (Å²) in [5.74, 6) is 0.708. The highest BCUT2D eigenvalue weighted by atomic mass is 35.5. The Hall–Kier alpha value is -0.480. The van der Waals surface area contributed by atoms with Crippen LogP contribution in [0, 0.1) is 6.92 Å². The number of carbonyl (C=O) groups excluding carboxylic acids is 1. The number of hydrogen-bond acceptors (Lipinski definition) is 3. The van der Waals surface area contributed by atoms with Gasteiger partial charge in [0.2, 0.25) is 0 Å². The molecule has 0 amide bonds. The number of carbonyl (C=O) groups is 1. The number of halogens is 1. The fourth-order valence-corrected chi connectivity index (χ4v) is 2.33. The molecule has 1 heterocycles. The first-order chi connectivity index (χ1) is 7.70. The molecule has 96 valence electrons. The van der Waals surface area contributed by atoms with E-state index in [9.17, 15) is 4.79 Å². The largest absolute Gasteiger partial charge is 0.298 e. The number of rotatable bonds is 4. The molecule has 0 aliphatic rings. The van der Waals surface area contributed by atoms with Crippen LogP contribution in [0.5, 0.6) is 0 Å². The van der Waals surface area contributed by atoms with Crippen molar-refractivity contribution in [2.75, 3.05) is 5.75 Å². The van der Waals surface area contributed by atoms with E-state index in [-0.39, 0.29) is 10.5 Å². The van der Waals surface area contributed by atoms with E-state index in [4.69, 9.17) is 11.6 Å². The molecule has 0 atom stereocenters. The van der Waals surface area contributed by atoms with Crippen LogP contribution in [0.4, 0.5) is 0 Å². The van der Waals surface area contributed by atoms with Gasteiger partial charge in [0.1, 0.15) is 5.78 Å². The van der Waals surface area contributed by atoms with Gasteiger partial charge >= 0.3 is 0 Å². The van der Waals surface area contributed by atoms with Gasteiger partial charge in [-0.25, -0.2) is 0 Å². The van der Waals surface area contributed by atoms with Gasteiger partial charge in [0.15, 0.2) is 0 Å². The van der Waals surface area contributed by atoms with Crippen molar-refractivity contribution < 1.29 is 4.79 Å². The van der Waals surface area contributed by atoms with E-state index in [1.54, 1.807) is 16.4 Å². The lowest BCUT2D eigenvalue weighted by atomic mass is 10.2. The Kier molecular flexibility index (Phi) is 4.67. The average molecular weight is 275 g/mol. The van der Waals surface area contributed by atoms with Gasteiger partial charge in [-0.15, -0.1) is 11.8 Å². The fraction of sp³-hybridized carbons (Fsp3) is 0.667. The predicted octanol–water partition coefficient (Wildman–Crippen LogP) is 3.03. The molecule has 1 aromatic rings. The molecule has 0 N–H and O–H groups in total. The summed E-state index contributed by atoms with van der Waals surface area (Å²) in [5.41, 5.74) is 1.59. The van der Waals surface area contributed by atoms with Gasteiger partial charge in [-0.05, 0) is 6.92 Å². The van der Waals surface area contributed by atoms with E-state index >= 15 is 0 Å². The lowest BCUT2D eigenvalue weighted by molar-refractivity contribution is -0.116. The van der Waals surface area contributed by atoms with Crippen molar-refractivity contribution in [3.05, 3.63) is 16.4 Å². The van der Waals surface area contributed by atoms with Crippen LogP contribution >= 0.6 is 23.4 Å². The van der Waals surface area contributed by atoms with Crippen molar-refractivity contribution in [1.29, 1.82) is 0 Å². The molecule has 0 saturated heterocycles.